The Morgan fingerprint density at radius 3 is 2.78 bits per heavy atom. The van der Waals surface area contributed by atoms with Crippen LogP contribution in [0, 0.1) is 0 Å². The minimum Gasteiger partial charge on any atom is -0.444 e. The molecule has 0 aromatic heterocycles. The maximum absolute atomic E-state index is 11.5. The summed E-state index contributed by atoms with van der Waals surface area (Å²) in [5, 5.41) is 2.69. The number of carbonyl (C=O) groups excluding carboxylic acids is 1. The van der Waals surface area contributed by atoms with Gasteiger partial charge < -0.3 is 19.7 Å². The Balaban J connectivity index is 1.62. The molecule has 2 rings (SSSR count). The van der Waals surface area contributed by atoms with Crippen LogP contribution in [-0.4, -0.2) is 44.0 Å². The van der Waals surface area contributed by atoms with Crippen molar-refractivity contribution in [2.24, 2.45) is 0 Å². The Labute approximate surface area is 139 Å². The van der Waals surface area contributed by atoms with Gasteiger partial charge in [-0.15, -0.1) is 0 Å². The monoisotopic (exact) mass is 320 g/mol. The van der Waals surface area contributed by atoms with E-state index >= 15 is 0 Å². The molecular weight excluding hydrogens is 292 g/mol. The lowest BCUT2D eigenvalue weighted by molar-refractivity contribution is 0.0501. The Hall–Kier alpha value is -1.75. The van der Waals surface area contributed by atoms with E-state index in [4.69, 9.17) is 9.47 Å². The number of hydrogen-bond donors (Lipinski definition) is 1. The topological polar surface area (TPSA) is 50.8 Å². The normalized spacial score (nSPS) is 17.0. The van der Waals surface area contributed by atoms with Crippen molar-refractivity contribution in [1.82, 2.24) is 5.32 Å². The van der Waals surface area contributed by atoms with E-state index in [0.717, 1.165) is 13.0 Å². The highest BCUT2D eigenvalue weighted by Crippen LogP contribution is 2.31. The van der Waals surface area contributed by atoms with Crippen LogP contribution in [0.3, 0.4) is 0 Å². The summed E-state index contributed by atoms with van der Waals surface area (Å²) in [4.78, 5) is 13.9. The summed E-state index contributed by atoms with van der Waals surface area (Å²) in [6.07, 6.45) is 0.694. The molecule has 0 fully saturated rings. The maximum atomic E-state index is 11.5. The third-order valence-electron chi connectivity index (χ3n) is 3.74. The number of amides is 1. The summed E-state index contributed by atoms with van der Waals surface area (Å²) in [5.74, 6) is 0. The van der Waals surface area contributed by atoms with Gasteiger partial charge in [0, 0.05) is 24.8 Å². The summed E-state index contributed by atoms with van der Waals surface area (Å²) in [7, 11) is 0. The number of hydrogen-bond acceptors (Lipinski definition) is 4. The first-order chi connectivity index (χ1) is 10.9. The molecular formula is C18H28N2O3. The number of ether oxygens (including phenoxy) is 2. The number of benzene rings is 1. The van der Waals surface area contributed by atoms with E-state index in [0.29, 0.717) is 25.8 Å². The molecule has 5 nitrogen and oxygen atoms in total. The molecule has 1 amide bonds. The molecule has 0 radical (unpaired) electrons. The number of nitrogens with one attached hydrogen (secondary N) is 1. The van der Waals surface area contributed by atoms with E-state index in [1.165, 1.54) is 11.3 Å². The highest BCUT2D eigenvalue weighted by molar-refractivity contribution is 5.67. The van der Waals surface area contributed by atoms with Crippen molar-refractivity contribution in [3.8, 4) is 0 Å². The minimum atomic E-state index is -0.468. The highest BCUT2D eigenvalue weighted by Gasteiger charge is 2.24. The van der Waals surface area contributed by atoms with E-state index in [2.05, 4.69) is 41.4 Å². The van der Waals surface area contributed by atoms with Crippen LogP contribution in [0.15, 0.2) is 24.3 Å². The van der Waals surface area contributed by atoms with Crippen LogP contribution in [0.4, 0.5) is 10.5 Å². The molecule has 0 aliphatic carbocycles. The van der Waals surface area contributed by atoms with Crippen LogP contribution in [0.1, 0.15) is 33.3 Å². The van der Waals surface area contributed by atoms with Gasteiger partial charge in [0.2, 0.25) is 0 Å². The van der Waals surface area contributed by atoms with E-state index in [-0.39, 0.29) is 0 Å². The lowest BCUT2D eigenvalue weighted by Gasteiger charge is -2.24. The number of alkyl carbamates (subject to hydrolysis) is 1. The standard InChI is InChI=1S/C18H28N2O3/c1-14-13-15-7-5-6-8-16(15)20(14)10-12-22-11-9-19-17(21)23-18(2,3)4/h5-8,14H,9-13H2,1-4H3,(H,19,21)/t14-/m0/s1. The number of rotatable bonds is 6. The van der Waals surface area contributed by atoms with Gasteiger partial charge in [-0.2, -0.15) is 0 Å². The second-order valence-electron chi connectivity index (χ2n) is 6.92. The molecule has 0 saturated heterocycles. The Morgan fingerprint density at radius 1 is 1.30 bits per heavy atom. The summed E-state index contributed by atoms with van der Waals surface area (Å²) in [6.45, 7) is 10.2. The fraction of sp³-hybridized carbons (Fsp3) is 0.611. The van der Waals surface area contributed by atoms with Crippen LogP contribution in [0.2, 0.25) is 0 Å². The number of para-hydroxylation sites is 1. The van der Waals surface area contributed by atoms with Gasteiger partial charge in [-0.25, -0.2) is 4.79 Å². The van der Waals surface area contributed by atoms with Gasteiger partial charge in [-0.1, -0.05) is 18.2 Å². The molecule has 1 aliphatic heterocycles. The van der Waals surface area contributed by atoms with Gasteiger partial charge in [0.05, 0.1) is 13.2 Å². The largest absolute Gasteiger partial charge is 0.444 e. The van der Waals surface area contributed by atoms with Crippen LogP contribution in [-0.2, 0) is 15.9 Å². The summed E-state index contributed by atoms with van der Waals surface area (Å²) in [6, 6.07) is 9.04. The Kier molecular flexibility index (Phi) is 5.88. The smallest absolute Gasteiger partial charge is 0.407 e. The van der Waals surface area contributed by atoms with Gasteiger partial charge in [0.15, 0.2) is 0 Å². The van der Waals surface area contributed by atoms with Gasteiger partial charge in [0.25, 0.3) is 0 Å². The van der Waals surface area contributed by atoms with Crippen molar-refractivity contribution in [2.45, 2.75) is 45.8 Å². The molecule has 23 heavy (non-hydrogen) atoms. The van der Waals surface area contributed by atoms with Crippen LogP contribution < -0.4 is 10.2 Å². The zero-order valence-corrected chi connectivity index (χ0v) is 14.6. The molecule has 1 heterocycles. The van der Waals surface area contributed by atoms with Crippen molar-refractivity contribution in [3.05, 3.63) is 29.8 Å². The Bertz CT molecular complexity index is 525. The first kappa shape index (κ1) is 17.6. The van der Waals surface area contributed by atoms with Crippen LogP contribution in [0.5, 0.6) is 0 Å². The molecule has 0 bridgehead atoms. The quantitative estimate of drug-likeness (QED) is 0.819. The molecule has 0 spiro atoms. The number of nitrogens with zero attached hydrogens (tertiary/aromatic N) is 1. The van der Waals surface area contributed by atoms with Crippen molar-refractivity contribution < 1.29 is 14.3 Å². The molecule has 0 unspecified atom stereocenters. The van der Waals surface area contributed by atoms with Gasteiger partial charge in [0.1, 0.15) is 5.60 Å². The molecule has 1 N–H and O–H groups in total. The average Bonchev–Trinajstić information content (AvgIpc) is 2.76. The third kappa shape index (κ3) is 5.43. The second kappa shape index (κ2) is 7.68. The summed E-state index contributed by atoms with van der Waals surface area (Å²) in [5.41, 5.74) is 2.26. The highest BCUT2D eigenvalue weighted by atomic mass is 16.6. The predicted molar refractivity (Wildman–Crippen MR) is 92.0 cm³/mol. The minimum absolute atomic E-state index is 0.400. The molecule has 128 valence electrons. The molecule has 1 aliphatic rings. The van der Waals surface area contributed by atoms with Crippen molar-refractivity contribution >= 4 is 11.8 Å². The van der Waals surface area contributed by atoms with Gasteiger partial charge in [-0.05, 0) is 45.7 Å². The molecule has 0 saturated carbocycles. The van der Waals surface area contributed by atoms with Gasteiger partial charge in [-0.3, -0.25) is 0 Å². The van der Waals surface area contributed by atoms with Crippen LogP contribution in [0.25, 0.3) is 0 Å². The van der Waals surface area contributed by atoms with E-state index in [9.17, 15) is 4.79 Å². The number of carbonyl (C=O) groups is 1. The first-order valence-electron chi connectivity index (χ1n) is 8.26. The van der Waals surface area contributed by atoms with Crippen molar-refractivity contribution in [3.63, 3.8) is 0 Å². The first-order valence-corrected chi connectivity index (χ1v) is 8.26. The lowest BCUT2D eigenvalue weighted by Crippen LogP contribution is -2.35. The van der Waals surface area contributed by atoms with Crippen LogP contribution >= 0.6 is 0 Å². The molecule has 1 aromatic rings. The SMILES string of the molecule is C[C@H]1Cc2ccccc2N1CCOCCNC(=O)OC(C)(C)C. The molecule has 1 atom stereocenters. The average molecular weight is 320 g/mol. The number of anilines is 1. The van der Waals surface area contributed by atoms with E-state index in [1.807, 2.05) is 20.8 Å². The lowest BCUT2D eigenvalue weighted by atomic mass is 10.1. The fourth-order valence-electron chi connectivity index (χ4n) is 2.77. The molecule has 5 heteroatoms. The van der Waals surface area contributed by atoms with E-state index in [1.54, 1.807) is 0 Å². The number of fused-ring (bicyclic) bond motifs is 1. The zero-order chi connectivity index (χ0) is 16.9. The van der Waals surface area contributed by atoms with E-state index < -0.39 is 11.7 Å². The Morgan fingerprint density at radius 2 is 2.04 bits per heavy atom. The maximum Gasteiger partial charge on any atom is 0.407 e. The predicted octanol–water partition coefficient (Wildman–Crippen LogP) is 2.98. The van der Waals surface area contributed by atoms with Crippen molar-refractivity contribution in [1.29, 1.82) is 0 Å². The summed E-state index contributed by atoms with van der Waals surface area (Å²) < 4.78 is 10.8. The molecule has 1 aromatic carbocycles. The second-order valence-corrected chi connectivity index (χ2v) is 6.92. The fourth-order valence-corrected chi connectivity index (χ4v) is 2.77. The summed E-state index contributed by atoms with van der Waals surface area (Å²) >= 11 is 0. The van der Waals surface area contributed by atoms with Crippen molar-refractivity contribution in [2.75, 3.05) is 31.2 Å². The third-order valence-corrected chi connectivity index (χ3v) is 3.74. The zero-order valence-electron chi connectivity index (χ0n) is 14.6. The van der Waals surface area contributed by atoms with Gasteiger partial charge >= 0.3 is 6.09 Å².